The van der Waals surface area contributed by atoms with Crippen LogP contribution in [0, 0.1) is 0 Å². The fourth-order valence-corrected chi connectivity index (χ4v) is 2.61. The van der Waals surface area contributed by atoms with Gasteiger partial charge in [-0.3, -0.25) is 4.79 Å². The number of hydrogen-bond donors (Lipinski definition) is 0. The smallest absolute Gasteiger partial charge is 0.314 e. The summed E-state index contributed by atoms with van der Waals surface area (Å²) in [7, 11) is -0.613. The fraction of sp³-hybridized carbons (Fsp3) is 0.417. The van der Waals surface area contributed by atoms with Crippen molar-refractivity contribution in [2.75, 3.05) is 26.2 Å². The molecule has 6 heteroatoms. The molecule has 18 heavy (non-hydrogen) atoms. The van der Waals surface area contributed by atoms with Gasteiger partial charge < -0.3 is 9.47 Å². The first-order valence-corrected chi connectivity index (χ1v) is 7.33. The van der Waals surface area contributed by atoms with E-state index in [1.807, 2.05) is 0 Å². The molecule has 0 saturated heterocycles. The second-order valence-corrected chi connectivity index (χ2v) is 6.09. The minimum Gasteiger partial charge on any atom is -0.496 e. The van der Waals surface area contributed by atoms with Crippen LogP contribution in [0.4, 0.5) is 0 Å². The third-order valence-corrected chi connectivity index (χ3v) is 3.41. The molecule has 0 N–H and O–H groups in total. The predicted molar refractivity (Wildman–Crippen MR) is 67.5 cm³/mol. The Hall–Kier alpha value is -1.56. The molecule has 100 valence electrons. The minimum atomic E-state index is -3.31. The number of carbonyl (C=O) groups is 1. The number of sulfone groups is 1. The van der Waals surface area contributed by atoms with Crippen LogP contribution in [0.3, 0.4) is 0 Å². The number of rotatable bonds is 5. The fourth-order valence-electron chi connectivity index (χ4n) is 1.68. The van der Waals surface area contributed by atoms with Gasteiger partial charge in [0.15, 0.2) is 0 Å². The van der Waals surface area contributed by atoms with Crippen molar-refractivity contribution in [3.05, 3.63) is 29.8 Å². The summed E-state index contributed by atoms with van der Waals surface area (Å²) < 4.78 is 32.6. The van der Waals surface area contributed by atoms with Gasteiger partial charge in [-0.25, -0.2) is 8.42 Å². The van der Waals surface area contributed by atoms with Crippen molar-refractivity contribution in [2.45, 2.75) is 5.92 Å². The molecule has 0 aliphatic heterocycles. The molecule has 1 aromatic rings. The molecule has 1 rings (SSSR count). The van der Waals surface area contributed by atoms with Crippen molar-refractivity contribution >= 4 is 15.8 Å². The molecule has 0 aliphatic carbocycles. The Kier molecular flexibility index (Phi) is 4.72. The standard InChI is InChI=1S/C12H16O5S/c1-16-11-7-5-4-6-9(11)10(12(13)17-2)8-18(3,14)15/h4-7,10H,8H2,1-3H3. The molecule has 0 fully saturated rings. The summed E-state index contributed by atoms with van der Waals surface area (Å²) in [5, 5.41) is 0. The maximum Gasteiger partial charge on any atom is 0.314 e. The van der Waals surface area contributed by atoms with E-state index in [1.54, 1.807) is 24.3 Å². The number of methoxy groups -OCH3 is 2. The first kappa shape index (κ1) is 14.5. The molecular weight excluding hydrogens is 256 g/mol. The van der Waals surface area contributed by atoms with E-state index in [2.05, 4.69) is 4.74 Å². The number of carbonyl (C=O) groups excluding carboxylic acids is 1. The van der Waals surface area contributed by atoms with E-state index in [1.165, 1.54) is 14.2 Å². The van der Waals surface area contributed by atoms with Crippen LogP contribution in [0.5, 0.6) is 5.75 Å². The highest BCUT2D eigenvalue weighted by Crippen LogP contribution is 2.28. The van der Waals surface area contributed by atoms with Gasteiger partial charge in [0.05, 0.1) is 25.9 Å². The SMILES string of the molecule is COC(=O)C(CS(C)(=O)=O)c1ccccc1OC. The van der Waals surface area contributed by atoms with E-state index in [0.717, 1.165) is 6.26 Å². The van der Waals surface area contributed by atoms with Crippen molar-refractivity contribution in [2.24, 2.45) is 0 Å². The molecule has 5 nitrogen and oxygen atoms in total. The molecule has 0 bridgehead atoms. The van der Waals surface area contributed by atoms with Crippen molar-refractivity contribution in [1.29, 1.82) is 0 Å². The van der Waals surface area contributed by atoms with Gasteiger partial charge in [0.1, 0.15) is 15.6 Å². The third kappa shape index (κ3) is 3.73. The molecular formula is C12H16O5S. The Labute approximate surface area is 107 Å². The molecule has 1 atom stereocenters. The van der Waals surface area contributed by atoms with Gasteiger partial charge in [0.2, 0.25) is 0 Å². The number of ether oxygens (including phenoxy) is 2. The van der Waals surface area contributed by atoms with E-state index in [-0.39, 0.29) is 5.75 Å². The average molecular weight is 272 g/mol. The molecule has 0 radical (unpaired) electrons. The summed E-state index contributed by atoms with van der Waals surface area (Å²) >= 11 is 0. The maximum atomic E-state index is 11.7. The van der Waals surface area contributed by atoms with E-state index in [4.69, 9.17) is 4.74 Å². The van der Waals surface area contributed by atoms with Gasteiger partial charge in [0, 0.05) is 11.8 Å². The summed E-state index contributed by atoms with van der Waals surface area (Å²) in [6.45, 7) is 0. The van der Waals surface area contributed by atoms with E-state index in [0.29, 0.717) is 11.3 Å². The van der Waals surface area contributed by atoms with Crippen LogP contribution >= 0.6 is 0 Å². The number of hydrogen-bond acceptors (Lipinski definition) is 5. The molecule has 1 unspecified atom stereocenters. The van der Waals surface area contributed by atoms with Crippen LogP contribution in [-0.4, -0.2) is 40.6 Å². The Morgan fingerprint density at radius 3 is 2.39 bits per heavy atom. The zero-order chi connectivity index (χ0) is 13.8. The summed E-state index contributed by atoms with van der Waals surface area (Å²) in [6.07, 6.45) is 1.08. The van der Waals surface area contributed by atoms with Crippen LogP contribution in [0.15, 0.2) is 24.3 Å². The zero-order valence-electron chi connectivity index (χ0n) is 10.5. The lowest BCUT2D eigenvalue weighted by atomic mass is 10.0. The number of esters is 1. The van der Waals surface area contributed by atoms with E-state index in [9.17, 15) is 13.2 Å². The van der Waals surface area contributed by atoms with Crippen molar-refractivity contribution in [1.82, 2.24) is 0 Å². The first-order chi connectivity index (χ1) is 8.39. The highest BCUT2D eigenvalue weighted by atomic mass is 32.2. The van der Waals surface area contributed by atoms with Crippen LogP contribution in [-0.2, 0) is 19.4 Å². The van der Waals surface area contributed by atoms with Crippen LogP contribution in [0.1, 0.15) is 11.5 Å². The van der Waals surface area contributed by atoms with Gasteiger partial charge >= 0.3 is 5.97 Å². The van der Waals surface area contributed by atoms with Crippen molar-refractivity contribution < 1.29 is 22.7 Å². The number of benzene rings is 1. The number of para-hydroxylation sites is 1. The Morgan fingerprint density at radius 1 is 1.28 bits per heavy atom. The highest BCUT2D eigenvalue weighted by Gasteiger charge is 2.28. The molecule has 0 saturated carbocycles. The average Bonchev–Trinajstić information content (AvgIpc) is 2.34. The highest BCUT2D eigenvalue weighted by molar-refractivity contribution is 7.90. The van der Waals surface area contributed by atoms with Gasteiger partial charge in [0.25, 0.3) is 0 Å². The van der Waals surface area contributed by atoms with Crippen molar-refractivity contribution in [3.8, 4) is 5.75 Å². The topological polar surface area (TPSA) is 69.7 Å². The quantitative estimate of drug-likeness (QED) is 0.748. The first-order valence-electron chi connectivity index (χ1n) is 5.27. The molecule has 0 aromatic heterocycles. The molecule has 0 amide bonds. The second kappa shape index (κ2) is 5.86. The van der Waals surface area contributed by atoms with Crippen LogP contribution < -0.4 is 4.74 Å². The van der Waals surface area contributed by atoms with Gasteiger partial charge in [-0.1, -0.05) is 18.2 Å². The second-order valence-electron chi connectivity index (χ2n) is 3.91. The molecule has 0 spiro atoms. The lowest BCUT2D eigenvalue weighted by molar-refractivity contribution is -0.141. The Balaban J connectivity index is 3.21. The lowest BCUT2D eigenvalue weighted by Gasteiger charge is -2.16. The lowest BCUT2D eigenvalue weighted by Crippen LogP contribution is -2.23. The largest absolute Gasteiger partial charge is 0.496 e. The summed E-state index contributed by atoms with van der Waals surface area (Å²) in [5.41, 5.74) is 0.511. The third-order valence-electron chi connectivity index (χ3n) is 2.47. The predicted octanol–water partition coefficient (Wildman–Crippen LogP) is 0.996. The molecule has 0 aliphatic rings. The van der Waals surface area contributed by atoms with Gasteiger partial charge in [-0.05, 0) is 6.07 Å². The molecule has 1 aromatic carbocycles. The van der Waals surface area contributed by atoms with E-state index < -0.39 is 21.7 Å². The minimum absolute atomic E-state index is 0.306. The maximum absolute atomic E-state index is 11.7. The Bertz CT molecular complexity index is 521. The monoisotopic (exact) mass is 272 g/mol. The van der Waals surface area contributed by atoms with Gasteiger partial charge in [-0.2, -0.15) is 0 Å². The summed E-state index contributed by atoms with van der Waals surface area (Å²) in [5.74, 6) is -1.30. The molecule has 0 heterocycles. The van der Waals surface area contributed by atoms with Crippen LogP contribution in [0.2, 0.25) is 0 Å². The van der Waals surface area contributed by atoms with Crippen molar-refractivity contribution in [3.63, 3.8) is 0 Å². The zero-order valence-corrected chi connectivity index (χ0v) is 11.4. The summed E-state index contributed by atoms with van der Waals surface area (Å²) in [6, 6.07) is 6.80. The van der Waals surface area contributed by atoms with E-state index >= 15 is 0 Å². The normalized spacial score (nSPS) is 12.8. The summed E-state index contributed by atoms with van der Waals surface area (Å²) in [4.78, 5) is 11.7. The van der Waals surface area contributed by atoms with Gasteiger partial charge in [-0.15, -0.1) is 0 Å². The van der Waals surface area contributed by atoms with Crippen LogP contribution in [0.25, 0.3) is 0 Å². The Morgan fingerprint density at radius 2 is 1.89 bits per heavy atom.